The van der Waals surface area contributed by atoms with E-state index in [-0.39, 0.29) is 6.04 Å². The molecule has 0 heterocycles. The molecule has 84 valence electrons. The highest BCUT2D eigenvalue weighted by Crippen LogP contribution is 2.13. The zero-order chi connectivity index (χ0) is 12.0. The number of allylic oxidation sites excluding steroid dienone is 1. The highest BCUT2D eigenvalue weighted by atomic mass is 15.2. The van der Waals surface area contributed by atoms with Gasteiger partial charge in [-0.15, -0.1) is 0 Å². The molecule has 3 N–H and O–H groups in total. The highest BCUT2D eigenvalue weighted by Gasteiger charge is 2.13. The maximum atomic E-state index is 7.50. The average molecular weight is 208 g/mol. The van der Waals surface area contributed by atoms with E-state index < -0.39 is 0 Å². The van der Waals surface area contributed by atoms with Crippen molar-refractivity contribution >= 4 is 11.9 Å². The molecule has 0 aromatic carbocycles. The summed E-state index contributed by atoms with van der Waals surface area (Å²) >= 11 is 0. The van der Waals surface area contributed by atoms with Crippen LogP contribution in [0.5, 0.6) is 0 Å². The van der Waals surface area contributed by atoms with Crippen LogP contribution in [0.15, 0.2) is 29.3 Å². The average Bonchev–Trinajstić information content (AvgIpc) is 2.15. The minimum atomic E-state index is 0.207. The SMILES string of the molecule is C=CN(C(/N=C\C)=C(\N)C(C)=N)C(C)C. The first-order chi connectivity index (χ1) is 6.95. The van der Waals surface area contributed by atoms with Crippen LogP contribution in [0.1, 0.15) is 27.7 Å². The number of nitrogens with one attached hydrogen (secondary N) is 1. The number of aliphatic imine (C=N–C) groups is 1. The van der Waals surface area contributed by atoms with Gasteiger partial charge in [0, 0.05) is 12.3 Å². The van der Waals surface area contributed by atoms with Gasteiger partial charge in [-0.2, -0.15) is 0 Å². The Morgan fingerprint density at radius 1 is 1.53 bits per heavy atom. The molecule has 0 atom stereocenters. The van der Waals surface area contributed by atoms with Crippen molar-refractivity contribution in [1.82, 2.24) is 4.90 Å². The van der Waals surface area contributed by atoms with Gasteiger partial charge in [0.2, 0.25) is 0 Å². The normalized spacial score (nSPS) is 12.9. The molecule has 0 aliphatic rings. The second kappa shape index (κ2) is 6.01. The summed E-state index contributed by atoms with van der Waals surface area (Å²) in [6.07, 6.45) is 3.33. The minimum Gasteiger partial charge on any atom is -0.394 e. The summed E-state index contributed by atoms with van der Waals surface area (Å²) < 4.78 is 0. The number of nitrogens with two attached hydrogens (primary N) is 1. The molecule has 0 fully saturated rings. The van der Waals surface area contributed by atoms with Crippen LogP contribution in [-0.4, -0.2) is 22.9 Å². The summed E-state index contributed by atoms with van der Waals surface area (Å²) in [4.78, 5) is 6.02. The van der Waals surface area contributed by atoms with Crippen LogP contribution in [0.2, 0.25) is 0 Å². The van der Waals surface area contributed by atoms with Gasteiger partial charge in [0.15, 0.2) is 5.82 Å². The molecule has 0 radical (unpaired) electrons. The Labute approximate surface area is 91.7 Å². The van der Waals surface area contributed by atoms with Crippen LogP contribution in [0.25, 0.3) is 0 Å². The molecule has 0 aromatic heterocycles. The first-order valence-electron chi connectivity index (χ1n) is 4.90. The fourth-order valence-electron chi connectivity index (χ4n) is 1.11. The molecule has 0 rings (SSSR count). The molecule has 0 aliphatic heterocycles. The third kappa shape index (κ3) is 3.58. The van der Waals surface area contributed by atoms with Gasteiger partial charge in [0.25, 0.3) is 0 Å². The molecule has 0 aliphatic carbocycles. The van der Waals surface area contributed by atoms with Crippen molar-refractivity contribution in [2.24, 2.45) is 10.7 Å². The topological polar surface area (TPSA) is 65.5 Å². The largest absolute Gasteiger partial charge is 0.394 e. The third-order valence-corrected chi connectivity index (χ3v) is 1.89. The zero-order valence-corrected chi connectivity index (χ0v) is 9.91. The summed E-state index contributed by atoms with van der Waals surface area (Å²) in [5.41, 5.74) is 6.50. The lowest BCUT2D eigenvalue weighted by molar-refractivity contribution is 0.379. The first-order valence-corrected chi connectivity index (χ1v) is 4.90. The highest BCUT2D eigenvalue weighted by molar-refractivity contribution is 5.95. The van der Waals surface area contributed by atoms with Crippen molar-refractivity contribution in [2.75, 3.05) is 0 Å². The molecule has 0 saturated heterocycles. The summed E-state index contributed by atoms with van der Waals surface area (Å²) in [5, 5.41) is 7.50. The standard InChI is InChI=1S/C11H20N4/c1-6-14-11(10(13)9(5)12)15(7-2)8(3)4/h6-8,12H,2,13H2,1,3-5H3/b11-10-,12-9?,14-6-. The maximum Gasteiger partial charge on any atom is 0.157 e. The minimum absolute atomic E-state index is 0.207. The molecule has 4 nitrogen and oxygen atoms in total. The molecule has 0 spiro atoms. The van der Waals surface area contributed by atoms with Gasteiger partial charge in [-0.1, -0.05) is 6.58 Å². The van der Waals surface area contributed by atoms with E-state index in [2.05, 4.69) is 11.6 Å². The van der Waals surface area contributed by atoms with Crippen LogP contribution in [-0.2, 0) is 0 Å². The van der Waals surface area contributed by atoms with Crippen molar-refractivity contribution in [3.8, 4) is 0 Å². The van der Waals surface area contributed by atoms with Gasteiger partial charge in [-0.25, -0.2) is 4.99 Å². The molecular formula is C11H20N4. The Balaban J connectivity index is 5.38. The Morgan fingerprint density at radius 3 is 2.33 bits per heavy atom. The second-order valence-electron chi connectivity index (χ2n) is 3.43. The molecule has 0 saturated carbocycles. The summed E-state index contributed by atoms with van der Waals surface area (Å²) in [7, 11) is 0. The number of hydrogen-bond donors (Lipinski definition) is 2. The van der Waals surface area contributed by atoms with Crippen molar-refractivity contribution in [2.45, 2.75) is 33.7 Å². The molecule has 0 amide bonds. The molecule has 15 heavy (non-hydrogen) atoms. The van der Waals surface area contributed by atoms with E-state index in [1.165, 1.54) is 0 Å². The summed E-state index contributed by atoms with van der Waals surface area (Å²) in [5.74, 6) is 0.579. The molecular weight excluding hydrogens is 188 g/mol. The predicted octanol–water partition coefficient (Wildman–Crippen LogP) is 2.10. The van der Waals surface area contributed by atoms with E-state index in [1.54, 1.807) is 19.3 Å². The number of rotatable bonds is 5. The number of nitrogens with zero attached hydrogens (tertiary/aromatic N) is 2. The summed E-state index contributed by atoms with van der Waals surface area (Å²) in [6.45, 7) is 11.2. The van der Waals surface area contributed by atoms with Crippen molar-refractivity contribution in [3.63, 3.8) is 0 Å². The van der Waals surface area contributed by atoms with E-state index in [4.69, 9.17) is 11.1 Å². The van der Waals surface area contributed by atoms with Crippen LogP contribution < -0.4 is 5.73 Å². The molecule has 0 bridgehead atoms. The lowest BCUT2D eigenvalue weighted by Crippen LogP contribution is -2.28. The number of hydrogen-bond acceptors (Lipinski definition) is 4. The van der Waals surface area contributed by atoms with Gasteiger partial charge >= 0.3 is 0 Å². The van der Waals surface area contributed by atoms with Gasteiger partial charge in [-0.3, -0.25) is 0 Å². The van der Waals surface area contributed by atoms with Crippen LogP contribution in [0.3, 0.4) is 0 Å². The lowest BCUT2D eigenvalue weighted by Gasteiger charge is -2.25. The second-order valence-corrected chi connectivity index (χ2v) is 3.43. The van der Waals surface area contributed by atoms with Gasteiger partial charge in [-0.05, 0) is 33.9 Å². The Hall–Kier alpha value is -1.58. The van der Waals surface area contributed by atoms with E-state index >= 15 is 0 Å². The van der Waals surface area contributed by atoms with E-state index in [0.29, 0.717) is 17.2 Å². The third-order valence-electron chi connectivity index (χ3n) is 1.89. The van der Waals surface area contributed by atoms with Crippen molar-refractivity contribution in [3.05, 3.63) is 24.3 Å². The van der Waals surface area contributed by atoms with Crippen molar-refractivity contribution in [1.29, 1.82) is 5.41 Å². The zero-order valence-electron chi connectivity index (χ0n) is 9.91. The Morgan fingerprint density at radius 2 is 2.07 bits per heavy atom. The van der Waals surface area contributed by atoms with E-state index in [9.17, 15) is 0 Å². The van der Waals surface area contributed by atoms with E-state index in [1.807, 2.05) is 25.7 Å². The first kappa shape index (κ1) is 13.4. The smallest absolute Gasteiger partial charge is 0.157 e. The van der Waals surface area contributed by atoms with Crippen LogP contribution >= 0.6 is 0 Å². The summed E-state index contributed by atoms with van der Waals surface area (Å²) in [6, 6.07) is 0.207. The van der Waals surface area contributed by atoms with Crippen LogP contribution in [0.4, 0.5) is 0 Å². The quantitative estimate of drug-likeness (QED) is 0.679. The van der Waals surface area contributed by atoms with Gasteiger partial charge < -0.3 is 16.0 Å². The van der Waals surface area contributed by atoms with Gasteiger partial charge in [0.05, 0.1) is 11.4 Å². The van der Waals surface area contributed by atoms with Gasteiger partial charge in [0.1, 0.15) is 0 Å². The molecule has 0 unspecified atom stereocenters. The Bertz CT molecular complexity index is 300. The molecule has 0 aromatic rings. The maximum absolute atomic E-state index is 7.50. The monoisotopic (exact) mass is 208 g/mol. The fourth-order valence-corrected chi connectivity index (χ4v) is 1.11. The Kier molecular flexibility index (Phi) is 5.37. The fraction of sp³-hybridized carbons (Fsp3) is 0.455. The predicted molar refractivity (Wildman–Crippen MR) is 66.0 cm³/mol. The lowest BCUT2D eigenvalue weighted by atomic mass is 10.2. The molecule has 4 heteroatoms. The van der Waals surface area contributed by atoms with Crippen LogP contribution in [0, 0.1) is 5.41 Å². The van der Waals surface area contributed by atoms with Crippen molar-refractivity contribution < 1.29 is 0 Å². The van der Waals surface area contributed by atoms with E-state index in [0.717, 1.165) is 0 Å².